The third-order valence-corrected chi connectivity index (χ3v) is 3.53. The van der Waals surface area contributed by atoms with Crippen molar-refractivity contribution in [2.45, 2.75) is 32.4 Å². The molecule has 0 aliphatic heterocycles. The number of ether oxygens (including phenoxy) is 1. The number of hydrogen-bond donors (Lipinski definition) is 1. The number of nitrogens with one attached hydrogen (secondary N) is 1. The van der Waals surface area contributed by atoms with Crippen LogP contribution in [0, 0.1) is 6.92 Å². The lowest BCUT2D eigenvalue weighted by Gasteiger charge is -2.09. The predicted octanol–water partition coefficient (Wildman–Crippen LogP) is 2.70. The van der Waals surface area contributed by atoms with Crippen molar-refractivity contribution in [1.82, 2.24) is 14.9 Å². The minimum absolute atomic E-state index is 0.682. The molecule has 4 nitrogen and oxygen atoms in total. The maximum atomic E-state index is 5.71. The molecule has 1 aromatic heterocycles. The Hall–Kier alpha value is -1.81. The van der Waals surface area contributed by atoms with E-state index >= 15 is 0 Å². The van der Waals surface area contributed by atoms with Gasteiger partial charge in [0.25, 0.3) is 0 Å². The number of benzene rings is 1. The summed E-state index contributed by atoms with van der Waals surface area (Å²) >= 11 is 0. The van der Waals surface area contributed by atoms with Gasteiger partial charge in [0.2, 0.25) is 0 Å². The molecule has 3 rings (SSSR count). The van der Waals surface area contributed by atoms with Crippen LogP contribution in [-0.2, 0) is 6.54 Å². The van der Waals surface area contributed by atoms with Crippen molar-refractivity contribution < 1.29 is 4.74 Å². The summed E-state index contributed by atoms with van der Waals surface area (Å²) in [4.78, 5) is 4.23. The van der Waals surface area contributed by atoms with Gasteiger partial charge in [0, 0.05) is 25.3 Å². The Morgan fingerprint density at radius 1 is 1.40 bits per heavy atom. The van der Waals surface area contributed by atoms with Gasteiger partial charge in [-0.15, -0.1) is 0 Å². The number of hydrogen-bond acceptors (Lipinski definition) is 3. The van der Waals surface area contributed by atoms with Crippen LogP contribution in [0.25, 0.3) is 0 Å². The Kier molecular flexibility index (Phi) is 4.02. The smallest absolute Gasteiger partial charge is 0.119 e. The van der Waals surface area contributed by atoms with Gasteiger partial charge in [-0.05, 0) is 37.5 Å². The molecular weight excluding hydrogens is 250 g/mol. The molecule has 0 unspecified atom stereocenters. The summed E-state index contributed by atoms with van der Waals surface area (Å²) in [6, 6.07) is 8.84. The second-order valence-electron chi connectivity index (χ2n) is 5.37. The molecule has 106 valence electrons. The first-order valence-electron chi connectivity index (χ1n) is 7.24. The summed E-state index contributed by atoms with van der Waals surface area (Å²) in [7, 11) is 0. The Labute approximate surface area is 119 Å². The fraction of sp³-hybridized carbons (Fsp3) is 0.438. The first kappa shape index (κ1) is 13.2. The lowest BCUT2D eigenvalue weighted by atomic mass is 10.2. The van der Waals surface area contributed by atoms with E-state index in [-0.39, 0.29) is 0 Å². The highest BCUT2D eigenvalue weighted by atomic mass is 16.5. The van der Waals surface area contributed by atoms with E-state index in [4.69, 9.17) is 4.74 Å². The maximum Gasteiger partial charge on any atom is 0.119 e. The molecule has 0 radical (unpaired) electrons. The molecule has 1 saturated carbocycles. The summed E-state index contributed by atoms with van der Waals surface area (Å²) < 4.78 is 8.00. The van der Waals surface area contributed by atoms with Gasteiger partial charge in [0.05, 0.1) is 12.0 Å². The first-order valence-corrected chi connectivity index (χ1v) is 7.24. The number of imidazole rings is 1. The van der Waals surface area contributed by atoms with Crippen LogP contribution in [0.2, 0.25) is 0 Å². The average molecular weight is 271 g/mol. The zero-order chi connectivity index (χ0) is 13.8. The van der Waals surface area contributed by atoms with E-state index in [0.29, 0.717) is 12.6 Å². The molecule has 1 aromatic carbocycles. The number of aryl methyl sites for hydroxylation is 1. The highest BCUT2D eigenvalue weighted by molar-refractivity contribution is 5.27. The van der Waals surface area contributed by atoms with Gasteiger partial charge in [0.15, 0.2) is 0 Å². The largest absolute Gasteiger partial charge is 0.492 e. The molecule has 1 N–H and O–H groups in total. The lowest BCUT2D eigenvalue weighted by molar-refractivity contribution is 0.313. The van der Waals surface area contributed by atoms with Crippen LogP contribution in [0.3, 0.4) is 0 Å². The lowest BCUT2D eigenvalue weighted by Crippen LogP contribution is -2.22. The van der Waals surface area contributed by atoms with Gasteiger partial charge in [-0.25, -0.2) is 4.98 Å². The van der Waals surface area contributed by atoms with E-state index in [0.717, 1.165) is 18.8 Å². The fourth-order valence-corrected chi connectivity index (χ4v) is 2.31. The van der Waals surface area contributed by atoms with Crippen molar-refractivity contribution >= 4 is 0 Å². The molecule has 0 atom stereocenters. The Bertz CT molecular complexity index is 560. The number of aromatic nitrogens is 2. The van der Waals surface area contributed by atoms with Gasteiger partial charge in [0.1, 0.15) is 12.4 Å². The van der Waals surface area contributed by atoms with E-state index in [1.165, 1.54) is 24.1 Å². The topological polar surface area (TPSA) is 39.1 Å². The van der Waals surface area contributed by atoms with Crippen molar-refractivity contribution in [1.29, 1.82) is 0 Å². The third-order valence-electron chi connectivity index (χ3n) is 3.53. The first-order chi connectivity index (χ1) is 9.83. The monoisotopic (exact) mass is 271 g/mol. The number of rotatable bonds is 7. The van der Waals surface area contributed by atoms with Crippen molar-refractivity contribution in [2.24, 2.45) is 0 Å². The summed E-state index contributed by atoms with van der Waals surface area (Å²) in [5.41, 5.74) is 2.49. The van der Waals surface area contributed by atoms with Gasteiger partial charge >= 0.3 is 0 Å². The summed E-state index contributed by atoms with van der Waals surface area (Å²) in [5.74, 6) is 0.940. The van der Waals surface area contributed by atoms with Gasteiger partial charge < -0.3 is 14.6 Å². The Morgan fingerprint density at radius 2 is 2.30 bits per heavy atom. The minimum atomic E-state index is 0.682. The zero-order valence-electron chi connectivity index (χ0n) is 11.9. The van der Waals surface area contributed by atoms with E-state index in [9.17, 15) is 0 Å². The normalized spacial score (nSPS) is 14.4. The molecule has 1 aliphatic rings. The fourth-order valence-electron chi connectivity index (χ4n) is 2.31. The summed E-state index contributed by atoms with van der Waals surface area (Å²) in [6.45, 7) is 4.45. The van der Waals surface area contributed by atoms with Crippen LogP contribution in [0.4, 0.5) is 0 Å². The molecule has 1 aliphatic carbocycles. The molecule has 1 fully saturated rings. The van der Waals surface area contributed by atoms with Crippen LogP contribution < -0.4 is 10.1 Å². The Morgan fingerprint density at radius 3 is 3.10 bits per heavy atom. The Balaban J connectivity index is 1.39. The standard InChI is InChI=1S/C16H21N3O/c1-13-3-2-4-16(9-13)20-8-7-17-10-15-11-18-12-19(15)14-5-6-14/h2-4,9,11-12,14,17H,5-8,10H2,1H3. The SMILES string of the molecule is Cc1cccc(OCCNCc2cncn2C2CC2)c1. The van der Waals surface area contributed by atoms with Gasteiger partial charge in [-0.1, -0.05) is 12.1 Å². The van der Waals surface area contributed by atoms with E-state index in [2.05, 4.69) is 33.9 Å². The van der Waals surface area contributed by atoms with Crippen LogP contribution in [0.15, 0.2) is 36.8 Å². The molecule has 4 heteroatoms. The molecule has 0 bridgehead atoms. The number of nitrogens with zero attached hydrogens (tertiary/aromatic N) is 2. The van der Waals surface area contributed by atoms with Crippen molar-refractivity contribution in [2.75, 3.05) is 13.2 Å². The van der Waals surface area contributed by atoms with Crippen molar-refractivity contribution in [3.63, 3.8) is 0 Å². The summed E-state index contributed by atoms with van der Waals surface area (Å²) in [6.07, 6.45) is 6.48. The highest BCUT2D eigenvalue weighted by Crippen LogP contribution is 2.35. The van der Waals surface area contributed by atoms with E-state index in [1.54, 1.807) is 0 Å². The zero-order valence-corrected chi connectivity index (χ0v) is 11.9. The molecule has 2 aromatic rings. The van der Waals surface area contributed by atoms with Gasteiger partial charge in [-0.3, -0.25) is 0 Å². The van der Waals surface area contributed by atoms with Crippen molar-refractivity contribution in [3.8, 4) is 5.75 Å². The van der Waals surface area contributed by atoms with Crippen LogP contribution in [-0.4, -0.2) is 22.7 Å². The van der Waals surface area contributed by atoms with Crippen molar-refractivity contribution in [3.05, 3.63) is 48.0 Å². The maximum absolute atomic E-state index is 5.71. The van der Waals surface area contributed by atoms with Crippen LogP contribution in [0.1, 0.15) is 30.1 Å². The summed E-state index contributed by atoms with van der Waals surface area (Å²) in [5, 5.41) is 3.41. The molecule has 0 amide bonds. The van der Waals surface area contributed by atoms with Crippen LogP contribution in [0.5, 0.6) is 5.75 Å². The highest BCUT2D eigenvalue weighted by Gasteiger charge is 2.24. The van der Waals surface area contributed by atoms with E-state index in [1.807, 2.05) is 24.7 Å². The van der Waals surface area contributed by atoms with Gasteiger partial charge in [-0.2, -0.15) is 0 Å². The van der Waals surface area contributed by atoms with E-state index < -0.39 is 0 Å². The molecule has 0 spiro atoms. The molecule has 20 heavy (non-hydrogen) atoms. The second-order valence-corrected chi connectivity index (χ2v) is 5.37. The minimum Gasteiger partial charge on any atom is -0.492 e. The third kappa shape index (κ3) is 3.39. The molecule has 1 heterocycles. The predicted molar refractivity (Wildman–Crippen MR) is 78.9 cm³/mol. The molecule has 0 saturated heterocycles. The molecular formula is C16H21N3O. The quantitative estimate of drug-likeness (QED) is 0.787. The van der Waals surface area contributed by atoms with Crippen LogP contribution >= 0.6 is 0 Å². The average Bonchev–Trinajstić information content (AvgIpc) is 3.18. The second kappa shape index (κ2) is 6.09.